The van der Waals surface area contributed by atoms with Crippen LogP contribution < -0.4 is 10.6 Å². The molecule has 2 aromatic carbocycles. The highest BCUT2D eigenvalue weighted by Gasteiger charge is 2.57. The molecule has 2 N–H and O–H groups in total. The molecule has 0 radical (unpaired) electrons. The lowest BCUT2D eigenvalue weighted by Crippen LogP contribution is -2.52. The second kappa shape index (κ2) is 8.86. The minimum atomic E-state index is -2.58. The molecule has 2 aromatic rings. The van der Waals surface area contributed by atoms with Gasteiger partial charge in [0.1, 0.15) is 6.61 Å². The number of carbonyl (C=O) groups is 2. The third-order valence-electron chi connectivity index (χ3n) is 6.25. The second-order valence-corrected chi connectivity index (χ2v) is 8.65. The van der Waals surface area contributed by atoms with Crippen molar-refractivity contribution in [2.45, 2.75) is 44.3 Å². The van der Waals surface area contributed by atoms with E-state index in [1.807, 2.05) is 30.3 Å². The maximum atomic E-state index is 13.5. The van der Waals surface area contributed by atoms with Gasteiger partial charge in [0.05, 0.1) is 18.4 Å². The maximum Gasteiger partial charge on any atom is 0.411 e. The zero-order valence-electron chi connectivity index (χ0n) is 17.8. The Bertz CT molecular complexity index is 989. The van der Waals surface area contributed by atoms with Crippen LogP contribution in [0.5, 0.6) is 0 Å². The van der Waals surface area contributed by atoms with Crippen molar-refractivity contribution in [1.29, 1.82) is 0 Å². The molecule has 1 unspecified atom stereocenters. The van der Waals surface area contributed by atoms with Gasteiger partial charge in [-0.2, -0.15) is 0 Å². The van der Waals surface area contributed by atoms with Crippen molar-refractivity contribution >= 4 is 17.7 Å². The largest absolute Gasteiger partial charge is 0.465 e. The lowest BCUT2D eigenvalue weighted by molar-refractivity contribution is -0.174. The molecule has 1 saturated carbocycles. The summed E-state index contributed by atoms with van der Waals surface area (Å²) in [5, 5.41) is 6.00. The van der Waals surface area contributed by atoms with E-state index in [1.165, 1.54) is 7.11 Å². The molecular formula is C24H26F2N2O4. The van der Waals surface area contributed by atoms with Gasteiger partial charge in [-0.25, -0.2) is 18.4 Å². The molecule has 0 bridgehead atoms. The van der Waals surface area contributed by atoms with Gasteiger partial charge in [-0.15, -0.1) is 0 Å². The molecule has 1 aliphatic heterocycles. The Hall–Kier alpha value is -3.00. The molecular weight excluding hydrogens is 418 g/mol. The Morgan fingerprint density at radius 2 is 1.91 bits per heavy atom. The first-order valence-corrected chi connectivity index (χ1v) is 10.6. The molecule has 32 heavy (non-hydrogen) atoms. The minimum Gasteiger partial charge on any atom is -0.465 e. The number of hydrogen-bond acceptors (Lipinski definition) is 5. The first kappa shape index (κ1) is 22.2. The summed E-state index contributed by atoms with van der Waals surface area (Å²) < 4.78 is 37.2. The van der Waals surface area contributed by atoms with Crippen LogP contribution in [0, 0.1) is 5.41 Å². The fraction of sp³-hybridized carbons (Fsp3) is 0.417. The van der Waals surface area contributed by atoms with Gasteiger partial charge < -0.3 is 14.8 Å². The SMILES string of the molecule is COC(=O)c1ccc(C2CC3(CCN2)CC(F)(F)C3)cc1NC(=O)OCc1ccccc1. The summed E-state index contributed by atoms with van der Waals surface area (Å²) in [6, 6.07) is 14.1. The molecule has 8 heteroatoms. The summed E-state index contributed by atoms with van der Waals surface area (Å²) in [6.45, 7) is 0.724. The Labute approximate surface area is 185 Å². The minimum absolute atomic E-state index is 0.0842. The quantitative estimate of drug-likeness (QED) is 0.631. The molecule has 170 valence electrons. The standard InChI is InChI=1S/C24H26F2N2O4/c1-31-21(29)18-8-7-17(20-12-23(9-10-27-20)14-24(25,26)15-23)11-19(18)28-22(30)32-13-16-5-3-2-4-6-16/h2-8,11,20,27H,9-10,12-15H2,1H3,(H,28,30). The van der Waals surface area contributed by atoms with Crippen LogP contribution in [0.2, 0.25) is 0 Å². The van der Waals surface area contributed by atoms with Crippen LogP contribution in [0.1, 0.15) is 53.2 Å². The number of hydrogen-bond donors (Lipinski definition) is 2. The molecule has 1 aliphatic carbocycles. The molecule has 1 heterocycles. The fourth-order valence-corrected chi connectivity index (χ4v) is 4.76. The summed E-state index contributed by atoms with van der Waals surface area (Å²) in [6.07, 6.45) is 0.418. The van der Waals surface area contributed by atoms with Gasteiger partial charge in [-0.1, -0.05) is 36.4 Å². The number of piperidine rings is 1. The van der Waals surface area contributed by atoms with Crippen LogP contribution in [-0.2, 0) is 16.1 Å². The first-order valence-electron chi connectivity index (χ1n) is 10.6. The molecule has 1 saturated heterocycles. The van der Waals surface area contributed by atoms with Crippen molar-refractivity contribution in [1.82, 2.24) is 5.32 Å². The number of benzene rings is 2. The summed E-state index contributed by atoms with van der Waals surface area (Å²) >= 11 is 0. The van der Waals surface area contributed by atoms with Crippen molar-refractivity contribution in [3.8, 4) is 0 Å². The normalized spacial score (nSPS) is 20.8. The number of methoxy groups -OCH3 is 1. The third kappa shape index (κ3) is 4.91. The number of halogens is 2. The van der Waals surface area contributed by atoms with E-state index in [9.17, 15) is 18.4 Å². The van der Waals surface area contributed by atoms with Crippen LogP contribution >= 0.6 is 0 Å². The van der Waals surface area contributed by atoms with Crippen molar-refractivity contribution in [3.05, 3.63) is 65.2 Å². The van der Waals surface area contributed by atoms with Gasteiger partial charge >= 0.3 is 12.1 Å². The fourth-order valence-electron chi connectivity index (χ4n) is 4.76. The number of nitrogens with one attached hydrogen (secondary N) is 2. The monoisotopic (exact) mass is 444 g/mol. The van der Waals surface area contributed by atoms with E-state index in [4.69, 9.17) is 9.47 Å². The zero-order valence-corrected chi connectivity index (χ0v) is 17.8. The number of esters is 1. The molecule has 1 atom stereocenters. The van der Waals surface area contributed by atoms with Gasteiger partial charge in [0.15, 0.2) is 0 Å². The molecule has 1 spiro atoms. The van der Waals surface area contributed by atoms with Crippen LogP contribution in [-0.4, -0.2) is 31.6 Å². The Balaban J connectivity index is 1.49. The summed E-state index contributed by atoms with van der Waals surface area (Å²) in [5.41, 5.74) is 1.73. The van der Waals surface area contributed by atoms with Crippen LogP contribution in [0.15, 0.2) is 48.5 Å². The molecule has 1 amide bonds. The summed E-state index contributed by atoms with van der Waals surface area (Å²) in [4.78, 5) is 24.6. The molecule has 2 aliphatic rings. The highest BCUT2D eigenvalue weighted by atomic mass is 19.3. The number of anilines is 1. The van der Waals surface area contributed by atoms with Crippen molar-refractivity contribution in [2.24, 2.45) is 5.41 Å². The van der Waals surface area contributed by atoms with Crippen molar-refractivity contribution in [3.63, 3.8) is 0 Å². The highest BCUT2D eigenvalue weighted by Crippen LogP contribution is 2.59. The molecule has 6 nitrogen and oxygen atoms in total. The van der Waals surface area contributed by atoms with E-state index < -0.39 is 18.0 Å². The Morgan fingerprint density at radius 1 is 1.16 bits per heavy atom. The first-order chi connectivity index (χ1) is 15.3. The van der Waals surface area contributed by atoms with E-state index in [2.05, 4.69) is 10.6 Å². The van der Waals surface area contributed by atoms with E-state index >= 15 is 0 Å². The van der Waals surface area contributed by atoms with Gasteiger partial charge in [-0.05, 0) is 48.1 Å². The number of alkyl halides is 2. The van der Waals surface area contributed by atoms with Crippen LogP contribution in [0.3, 0.4) is 0 Å². The lowest BCUT2D eigenvalue weighted by atomic mass is 9.59. The molecule has 0 aromatic heterocycles. The molecule has 4 rings (SSSR count). The zero-order chi connectivity index (χ0) is 22.8. The summed E-state index contributed by atoms with van der Waals surface area (Å²) in [5.74, 6) is -3.17. The van der Waals surface area contributed by atoms with Crippen molar-refractivity contribution < 1.29 is 27.8 Å². The number of rotatable bonds is 5. The van der Waals surface area contributed by atoms with E-state index in [-0.39, 0.29) is 42.2 Å². The number of amides is 1. The predicted octanol–water partition coefficient (Wildman–Crippen LogP) is 5.06. The highest BCUT2D eigenvalue weighted by molar-refractivity contribution is 5.99. The maximum absolute atomic E-state index is 13.5. The van der Waals surface area contributed by atoms with Crippen LogP contribution in [0.25, 0.3) is 0 Å². The second-order valence-electron chi connectivity index (χ2n) is 8.65. The number of carbonyl (C=O) groups excluding carboxylic acids is 2. The smallest absolute Gasteiger partial charge is 0.411 e. The van der Waals surface area contributed by atoms with Gasteiger partial charge in [0.25, 0.3) is 0 Å². The number of ether oxygens (including phenoxy) is 2. The third-order valence-corrected chi connectivity index (χ3v) is 6.25. The lowest BCUT2D eigenvalue weighted by Gasteiger charge is -2.52. The van der Waals surface area contributed by atoms with Crippen molar-refractivity contribution in [2.75, 3.05) is 19.0 Å². The average molecular weight is 444 g/mol. The van der Waals surface area contributed by atoms with E-state index in [0.717, 1.165) is 17.5 Å². The predicted molar refractivity (Wildman–Crippen MR) is 115 cm³/mol. The molecule has 2 fully saturated rings. The Kier molecular flexibility index (Phi) is 6.15. The topological polar surface area (TPSA) is 76.7 Å². The summed E-state index contributed by atoms with van der Waals surface area (Å²) in [7, 11) is 1.26. The van der Waals surface area contributed by atoms with Gasteiger partial charge in [-0.3, -0.25) is 5.32 Å². The van der Waals surface area contributed by atoms with E-state index in [0.29, 0.717) is 13.0 Å². The van der Waals surface area contributed by atoms with Gasteiger partial charge in [0, 0.05) is 18.9 Å². The van der Waals surface area contributed by atoms with Crippen LogP contribution in [0.4, 0.5) is 19.3 Å². The Morgan fingerprint density at radius 3 is 2.59 bits per heavy atom. The van der Waals surface area contributed by atoms with Gasteiger partial charge in [0.2, 0.25) is 5.92 Å². The average Bonchev–Trinajstić information content (AvgIpc) is 2.76. The van der Waals surface area contributed by atoms with E-state index in [1.54, 1.807) is 18.2 Å².